The number of alkyl carbamates (subject to hydrolysis) is 1. The van der Waals surface area contributed by atoms with Crippen molar-refractivity contribution in [1.29, 1.82) is 0 Å². The zero-order valence-electron chi connectivity index (χ0n) is 22.5. The molecule has 7 nitrogen and oxygen atoms in total. The van der Waals surface area contributed by atoms with Crippen molar-refractivity contribution in [3.8, 4) is 0 Å². The molecule has 0 aliphatic rings. The number of carbonyl (C=O) groups is 2. The molecular weight excluding hydrogens is 426 g/mol. The van der Waals surface area contributed by atoms with Gasteiger partial charge in [-0.2, -0.15) is 0 Å². The Kier molecular flexibility index (Phi) is 11.9. The summed E-state index contributed by atoms with van der Waals surface area (Å²) in [5, 5.41) is 14.0. The Labute approximate surface area is 197 Å². The van der Waals surface area contributed by atoms with Crippen LogP contribution in [-0.4, -0.2) is 55.9 Å². The molecule has 0 aliphatic carbocycles. The van der Waals surface area contributed by atoms with Crippen LogP contribution in [0.15, 0.2) is 0 Å². The molecule has 190 valence electrons. The predicted octanol–water partition coefficient (Wildman–Crippen LogP) is 5.27. The van der Waals surface area contributed by atoms with E-state index in [9.17, 15) is 14.7 Å². The van der Waals surface area contributed by atoms with Gasteiger partial charge in [-0.15, -0.1) is 0 Å². The highest BCUT2D eigenvalue weighted by Crippen LogP contribution is 2.38. The zero-order valence-corrected chi connectivity index (χ0v) is 23.5. The molecule has 0 bridgehead atoms. The van der Waals surface area contributed by atoms with E-state index in [0.29, 0.717) is 12.3 Å². The van der Waals surface area contributed by atoms with Gasteiger partial charge in [-0.1, -0.05) is 34.6 Å². The molecule has 0 rings (SSSR count). The van der Waals surface area contributed by atoms with Gasteiger partial charge in [0, 0.05) is 6.92 Å². The minimum Gasteiger partial charge on any atom is -0.466 e. The van der Waals surface area contributed by atoms with E-state index in [1.54, 1.807) is 20.8 Å². The Bertz CT molecular complexity index is 594. The standard InChI is InChI=1S/C24H49NO6Si/c1-16(2)13-19(15-29-18(4)26)14-20(27)21(25-22(28)30-23(5,6)7)17(3)31-32(11,12)24(8,9)10/h16-17,19-21,27H,13-15H2,1-12H3,(H,25,28)/t17-,19-,20+,21-/m1/s1. The molecule has 1 amide bonds. The number of nitrogens with one attached hydrogen (secondary N) is 1. The van der Waals surface area contributed by atoms with Crippen molar-refractivity contribution in [3.05, 3.63) is 0 Å². The smallest absolute Gasteiger partial charge is 0.408 e. The molecule has 2 N–H and O–H groups in total. The van der Waals surface area contributed by atoms with Crippen LogP contribution in [0.25, 0.3) is 0 Å². The summed E-state index contributed by atoms with van der Waals surface area (Å²) in [5.41, 5.74) is -0.654. The first kappa shape index (κ1) is 30.9. The first-order valence-corrected chi connectivity index (χ1v) is 14.6. The maximum atomic E-state index is 12.6. The van der Waals surface area contributed by atoms with E-state index < -0.39 is 38.3 Å². The number of hydrogen-bond donors (Lipinski definition) is 2. The number of carbonyl (C=O) groups excluding carboxylic acids is 2. The molecule has 0 radical (unpaired) electrons. The summed E-state index contributed by atoms with van der Waals surface area (Å²) in [7, 11) is -2.14. The fourth-order valence-electron chi connectivity index (χ4n) is 3.31. The van der Waals surface area contributed by atoms with Crippen LogP contribution in [0, 0.1) is 11.8 Å². The van der Waals surface area contributed by atoms with E-state index in [4.69, 9.17) is 13.9 Å². The van der Waals surface area contributed by atoms with Gasteiger partial charge < -0.3 is 24.3 Å². The fraction of sp³-hybridized carbons (Fsp3) is 0.917. The van der Waals surface area contributed by atoms with Crippen molar-refractivity contribution < 1.29 is 28.6 Å². The Hall–Kier alpha value is -1.12. The summed E-state index contributed by atoms with van der Waals surface area (Å²) >= 11 is 0. The summed E-state index contributed by atoms with van der Waals surface area (Å²) in [6.07, 6.45) is -0.737. The largest absolute Gasteiger partial charge is 0.466 e. The molecule has 32 heavy (non-hydrogen) atoms. The molecule has 8 heteroatoms. The van der Waals surface area contributed by atoms with Gasteiger partial charge in [0.15, 0.2) is 8.32 Å². The number of esters is 1. The summed E-state index contributed by atoms with van der Waals surface area (Å²) < 4.78 is 17.2. The Balaban J connectivity index is 5.65. The number of aliphatic hydroxyl groups is 1. The minimum atomic E-state index is -2.14. The maximum Gasteiger partial charge on any atom is 0.408 e. The first-order chi connectivity index (χ1) is 14.2. The number of amides is 1. The minimum absolute atomic E-state index is 0.0157. The quantitative estimate of drug-likeness (QED) is 0.312. The second-order valence-electron chi connectivity index (χ2n) is 11.9. The highest BCUT2D eigenvalue weighted by atomic mass is 28.4. The summed E-state index contributed by atoms with van der Waals surface area (Å²) in [6, 6.07) is -0.661. The van der Waals surface area contributed by atoms with Crippen molar-refractivity contribution in [2.45, 2.75) is 124 Å². The third-order valence-corrected chi connectivity index (χ3v) is 10.4. The van der Waals surface area contributed by atoms with E-state index >= 15 is 0 Å². The lowest BCUT2D eigenvalue weighted by molar-refractivity contribution is -0.143. The molecule has 0 aliphatic heterocycles. The van der Waals surface area contributed by atoms with Crippen molar-refractivity contribution in [2.75, 3.05) is 6.61 Å². The number of hydrogen-bond acceptors (Lipinski definition) is 6. The lowest BCUT2D eigenvalue weighted by Crippen LogP contribution is -2.56. The lowest BCUT2D eigenvalue weighted by Gasteiger charge is -2.41. The molecule has 0 aromatic heterocycles. The van der Waals surface area contributed by atoms with E-state index in [0.717, 1.165) is 6.42 Å². The summed E-state index contributed by atoms with van der Waals surface area (Å²) in [4.78, 5) is 23.9. The van der Waals surface area contributed by atoms with E-state index in [-0.39, 0.29) is 23.5 Å². The van der Waals surface area contributed by atoms with Gasteiger partial charge in [0.25, 0.3) is 0 Å². The summed E-state index contributed by atoms with van der Waals surface area (Å²) in [6.45, 7) is 23.8. The van der Waals surface area contributed by atoms with Crippen molar-refractivity contribution in [2.24, 2.45) is 11.8 Å². The van der Waals surface area contributed by atoms with Crippen LogP contribution < -0.4 is 5.32 Å². The highest BCUT2D eigenvalue weighted by molar-refractivity contribution is 6.74. The second kappa shape index (κ2) is 12.4. The van der Waals surface area contributed by atoms with E-state index in [1.165, 1.54) is 6.92 Å². The second-order valence-corrected chi connectivity index (χ2v) is 16.6. The molecule has 0 spiro atoms. The molecule has 0 fully saturated rings. The Morgan fingerprint density at radius 1 is 1.00 bits per heavy atom. The van der Waals surface area contributed by atoms with Gasteiger partial charge in [0.2, 0.25) is 0 Å². The maximum absolute atomic E-state index is 12.6. The average molecular weight is 476 g/mol. The SMILES string of the molecule is CC(=O)OC[C@H](CC(C)C)C[C@H](O)[C@H](NC(=O)OC(C)(C)C)[C@@H](C)O[Si](C)(C)C(C)(C)C. The van der Waals surface area contributed by atoms with Crippen LogP contribution in [0.5, 0.6) is 0 Å². The van der Waals surface area contributed by atoms with Crippen LogP contribution >= 0.6 is 0 Å². The van der Waals surface area contributed by atoms with Gasteiger partial charge in [-0.05, 0) is 70.5 Å². The predicted molar refractivity (Wildman–Crippen MR) is 131 cm³/mol. The number of ether oxygens (including phenoxy) is 2. The topological polar surface area (TPSA) is 94.1 Å². The van der Waals surface area contributed by atoms with Gasteiger partial charge in [0.1, 0.15) is 5.60 Å². The monoisotopic (exact) mass is 475 g/mol. The van der Waals surface area contributed by atoms with Gasteiger partial charge in [-0.3, -0.25) is 4.79 Å². The molecule has 0 aromatic rings. The third-order valence-electron chi connectivity index (χ3n) is 5.79. The van der Waals surface area contributed by atoms with Gasteiger partial charge in [0.05, 0.1) is 24.9 Å². The van der Waals surface area contributed by atoms with Crippen LogP contribution in [0.4, 0.5) is 4.79 Å². The van der Waals surface area contributed by atoms with Crippen LogP contribution in [0.3, 0.4) is 0 Å². The summed E-state index contributed by atoms with van der Waals surface area (Å²) in [5.74, 6) is 0.00383. The molecular formula is C24H49NO6Si. The normalized spacial score (nSPS) is 16.8. The van der Waals surface area contributed by atoms with Crippen LogP contribution in [0.1, 0.15) is 82.1 Å². The average Bonchev–Trinajstić information content (AvgIpc) is 2.53. The Morgan fingerprint density at radius 3 is 1.94 bits per heavy atom. The molecule has 0 aromatic carbocycles. The lowest BCUT2D eigenvalue weighted by atomic mass is 9.89. The van der Waals surface area contributed by atoms with Gasteiger partial charge >= 0.3 is 12.1 Å². The van der Waals surface area contributed by atoms with Gasteiger partial charge in [-0.25, -0.2) is 4.79 Å². The molecule has 0 heterocycles. The number of rotatable bonds is 11. The Morgan fingerprint density at radius 2 is 1.53 bits per heavy atom. The fourth-order valence-corrected chi connectivity index (χ4v) is 4.74. The van der Waals surface area contributed by atoms with Crippen LogP contribution in [0.2, 0.25) is 18.1 Å². The van der Waals surface area contributed by atoms with E-state index in [1.807, 2.05) is 6.92 Å². The van der Waals surface area contributed by atoms with Crippen molar-refractivity contribution in [3.63, 3.8) is 0 Å². The van der Waals surface area contributed by atoms with E-state index in [2.05, 4.69) is 53.0 Å². The van der Waals surface area contributed by atoms with Crippen molar-refractivity contribution >= 4 is 20.4 Å². The molecule has 0 saturated carbocycles. The highest BCUT2D eigenvalue weighted by Gasteiger charge is 2.41. The molecule has 0 unspecified atom stereocenters. The first-order valence-electron chi connectivity index (χ1n) is 11.7. The zero-order chi connectivity index (χ0) is 25.5. The van der Waals surface area contributed by atoms with Crippen molar-refractivity contribution in [1.82, 2.24) is 5.32 Å². The molecule has 0 saturated heterocycles. The number of aliphatic hydroxyl groups excluding tert-OH is 1. The van der Waals surface area contributed by atoms with Crippen LogP contribution in [-0.2, 0) is 18.7 Å². The molecule has 4 atom stereocenters. The third kappa shape index (κ3) is 12.2.